The van der Waals surface area contributed by atoms with Crippen LogP contribution in [-0.4, -0.2) is 70.1 Å². The molecule has 5 rings (SSSR count). The van der Waals surface area contributed by atoms with Gasteiger partial charge in [0.2, 0.25) is 11.9 Å². The molecule has 4 heterocycles. The Kier molecular flexibility index (Phi) is 5.42. The number of aromatic nitrogens is 2. The summed E-state index contributed by atoms with van der Waals surface area (Å²) in [6, 6.07) is 7.91. The highest BCUT2D eigenvalue weighted by molar-refractivity contribution is 5.83. The van der Waals surface area contributed by atoms with Crippen molar-refractivity contribution in [3.8, 4) is 0 Å². The molecule has 8 nitrogen and oxygen atoms in total. The minimum absolute atomic E-state index is 0.126. The average molecular weight is 454 g/mol. The van der Waals surface area contributed by atoms with Crippen LogP contribution in [-0.2, 0) is 16.1 Å². The first-order chi connectivity index (χ1) is 15.9. The first-order valence-corrected chi connectivity index (χ1v) is 11.4. The third-order valence-corrected chi connectivity index (χ3v) is 7.15. The van der Waals surface area contributed by atoms with E-state index in [0.717, 1.165) is 31.5 Å². The molecular weight excluding hydrogens is 425 g/mol. The number of halogens is 1. The van der Waals surface area contributed by atoms with Crippen LogP contribution in [0.1, 0.15) is 31.7 Å². The van der Waals surface area contributed by atoms with E-state index in [0.29, 0.717) is 38.5 Å². The minimum atomic E-state index is -0.665. The molecule has 33 heavy (non-hydrogen) atoms. The number of amides is 2. The topological polar surface area (TPSA) is 78.9 Å². The third kappa shape index (κ3) is 4.24. The van der Waals surface area contributed by atoms with Crippen molar-refractivity contribution in [2.24, 2.45) is 5.41 Å². The van der Waals surface area contributed by atoms with Crippen molar-refractivity contribution in [3.05, 3.63) is 54.1 Å². The molecule has 9 heteroatoms. The Morgan fingerprint density at radius 1 is 1.06 bits per heavy atom. The Hall–Kier alpha value is -3.23. The second-order valence-electron chi connectivity index (χ2n) is 9.61. The summed E-state index contributed by atoms with van der Waals surface area (Å²) >= 11 is 0. The zero-order valence-electron chi connectivity index (χ0n) is 18.7. The van der Waals surface area contributed by atoms with Gasteiger partial charge in [0, 0.05) is 50.4 Å². The molecule has 1 atom stereocenters. The van der Waals surface area contributed by atoms with Crippen LogP contribution >= 0.6 is 0 Å². The highest BCUT2D eigenvalue weighted by Gasteiger charge is 2.52. The SMILES string of the molecule is CC1(C(=O)N2CC[C@@]3(CN(Cc4ccc(F)cc4)C(=O)O3)C2)CCN(c2ncccn2)CC1. The van der Waals surface area contributed by atoms with Crippen LogP contribution in [0.3, 0.4) is 0 Å². The molecule has 0 bridgehead atoms. The van der Waals surface area contributed by atoms with Gasteiger partial charge >= 0.3 is 6.09 Å². The number of hydrogen-bond acceptors (Lipinski definition) is 6. The fraction of sp³-hybridized carbons (Fsp3) is 0.500. The van der Waals surface area contributed by atoms with Crippen LogP contribution in [0.2, 0.25) is 0 Å². The van der Waals surface area contributed by atoms with Gasteiger partial charge in [-0.25, -0.2) is 19.2 Å². The van der Waals surface area contributed by atoms with Crippen LogP contribution in [0.4, 0.5) is 15.1 Å². The lowest BCUT2D eigenvalue weighted by atomic mass is 9.79. The third-order valence-electron chi connectivity index (χ3n) is 7.15. The molecule has 3 aliphatic rings. The maximum atomic E-state index is 13.5. The number of carbonyl (C=O) groups is 2. The van der Waals surface area contributed by atoms with Crippen molar-refractivity contribution in [2.45, 2.75) is 38.3 Å². The number of anilines is 1. The Morgan fingerprint density at radius 3 is 2.45 bits per heavy atom. The number of rotatable bonds is 4. The van der Waals surface area contributed by atoms with Crippen molar-refractivity contribution in [2.75, 3.05) is 37.6 Å². The molecule has 0 N–H and O–H groups in total. The number of hydrogen-bond donors (Lipinski definition) is 0. The summed E-state index contributed by atoms with van der Waals surface area (Å²) in [6.07, 6.45) is 5.16. The van der Waals surface area contributed by atoms with Gasteiger partial charge in [-0.3, -0.25) is 9.69 Å². The van der Waals surface area contributed by atoms with E-state index in [9.17, 15) is 14.0 Å². The van der Waals surface area contributed by atoms with Crippen LogP contribution in [0, 0.1) is 11.2 Å². The highest BCUT2D eigenvalue weighted by Crippen LogP contribution is 2.39. The Balaban J connectivity index is 1.19. The Bertz CT molecular complexity index is 1030. The lowest BCUT2D eigenvalue weighted by Crippen LogP contribution is -2.49. The molecule has 3 fully saturated rings. The first kappa shape index (κ1) is 21.6. The number of benzene rings is 1. The summed E-state index contributed by atoms with van der Waals surface area (Å²) in [6.45, 7) is 5.28. The van der Waals surface area contributed by atoms with Crippen LogP contribution in [0.5, 0.6) is 0 Å². The van der Waals surface area contributed by atoms with Gasteiger partial charge in [-0.05, 0) is 36.6 Å². The van der Waals surface area contributed by atoms with Crippen LogP contribution in [0.25, 0.3) is 0 Å². The predicted molar refractivity (Wildman–Crippen MR) is 119 cm³/mol. The van der Waals surface area contributed by atoms with E-state index in [2.05, 4.69) is 14.9 Å². The summed E-state index contributed by atoms with van der Waals surface area (Å²) in [5.74, 6) is 0.520. The fourth-order valence-corrected chi connectivity index (χ4v) is 5.11. The quantitative estimate of drug-likeness (QED) is 0.709. The van der Waals surface area contributed by atoms with Gasteiger partial charge in [-0.2, -0.15) is 0 Å². The standard InChI is InChI=1S/C24H28FN5O3/c1-23(7-12-28(13-8-23)21-26-10-2-11-27-21)20(31)29-14-9-24(16-29)17-30(22(32)33-24)15-18-3-5-19(25)6-4-18/h2-6,10-11H,7-9,12-17H2,1H3/t24-/m0/s1. The summed E-state index contributed by atoms with van der Waals surface area (Å²) in [4.78, 5) is 40.3. The van der Waals surface area contributed by atoms with E-state index in [-0.39, 0.29) is 17.8 Å². The van der Waals surface area contributed by atoms with Crippen LogP contribution in [0.15, 0.2) is 42.7 Å². The van der Waals surface area contributed by atoms with E-state index in [1.54, 1.807) is 35.5 Å². The van der Waals surface area contributed by atoms with E-state index in [1.165, 1.54) is 12.1 Å². The van der Waals surface area contributed by atoms with Gasteiger partial charge in [0.05, 0.1) is 13.1 Å². The zero-order chi connectivity index (χ0) is 23.1. The molecular formula is C24H28FN5O3. The molecule has 0 saturated carbocycles. The molecule has 0 unspecified atom stereocenters. The van der Waals surface area contributed by atoms with Gasteiger partial charge in [0.1, 0.15) is 5.82 Å². The number of carbonyl (C=O) groups excluding carboxylic acids is 2. The number of piperidine rings is 1. The molecule has 3 aliphatic heterocycles. The van der Waals surface area contributed by atoms with E-state index < -0.39 is 11.0 Å². The van der Waals surface area contributed by atoms with Crippen LogP contribution < -0.4 is 4.90 Å². The maximum Gasteiger partial charge on any atom is 0.410 e. The first-order valence-electron chi connectivity index (χ1n) is 11.4. The van der Waals surface area contributed by atoms with Gasteiger partial charge in [0.25, 0.3) is 0 Å². The van der Waals surface area contributed by atoms with E-state index in [4.69, 9.17) is 4.74 Å². The van der Waals surface area contributed by atoms with Crippen molar-refractivity contribution in [1.29, 1.82) is 0 Å². The van der Waals surface area contributed by atoms with Crippen molar-refractivity contribution >= 4 is 17.9 Å². The molecule has 0 aliphatic carbocycles. The normalized spacial score (nSPS) is 24.4. The molecule has 2 aromatic rings. The summed E-state index contributed by atoms with van der Waals surface area (Å²) in [5.41, 5.74) is -0.271. The Morgan fingerprint density at radius 2 is 1.76 bits per heavy atom. The number of nitrogens with zero attached hydrogens (tertiary/aromatic N) is 5. The highest BCUT2D eigenvalue weighted by atomic mass is 19.1. The summed E-state index contributed by atoms with van der Waals surface area (Å²) in [7, 11) is 0. The molecule has 0 radical (unpaired) electrons. The predicted octanol–water partition coefficient (Wildman–Crippen LogP) is 2.85. The summed E-state index contributed by atoms with van der Waals surface area (Å²) < 4.78 is 19.0. The molecule has 174 valence electrons. The van der Waals surface area contributed by atoms with Gasteiger partial charge in [-0.15, -0.1) is 0 Å². The zero-order valence-corrected chi connectivity index (χ0v) is 18.7. The fourth-order valence-electron chi connectivity index (χ4n) is 5.11. The van der Waals surface area contributed by atoms with Gasteiger partial charge in [-0.1, -0.05) is 19.1 Å². The summed E-state index contributed by atoms with van der Waals surface area (Å²) in [5, 5.41) is 0. The largest absolute Gasteiger partial charge is 0.439 e. The van der Waals surface area contributed by atoms with Crippen molar-refractivity contribution in [1.82, 2.24) is 19.8 Å². The lowest BCUT2D eigenvalue weighted by molar-refractivity contribution is -0.142. The lowest BCUT2D eigenvalue weighted by Gasteiger charge is -2.40. The number of likely N-dealkylation sites (tertiary alicyclic amines) is 1. The Labute approximate surface area is 192 Å². The molecule has 2 amide bonds. The molecule has 1 aromatic carbocycles. The van der Waals surface area contributed by atoms with Crippen molar-refractivity contribution < 1.29 is 18.7 Å². The molecule has 1 aromatic heterocycles. The second kappa shape index (κ2) is 8.28. The smallest absolute Gasteiger partial charge is 0.410 e. The van der Waals surface area contributed by atoms with Crippen molar-refractivity contribution in [3.63, 3.8) is 0 Å². The average Bonchev–Trinajstić information content (AvgIpc) is 3.37. The van der Waals surface area contributed by atoms with E-state index >= 15 is 0 Å². The number of ether oxygens (including phenoxy) is 1. The monoisotopic (exact) mass is 453 g/mol. The second-order valence-corrected chi connectivity index (χ2v) is 9.61. The van der Waals surface area contributed by atoms with Gasteiger partial charge < -0.3 is 14.5 Å². The minimum Gasteiger partial charge on any atom is -0.439 e. The molecule has 3 saturated heterocycles. The van der Waals surface area contributed by atoms with E-state index in [1.807, 2.05) is 11.8 Å². The van der Waals surface area contributed by atoms with Gasteiger partial charge in [0.15, 0.2) is 5.60 Å². The maximum absolute atomic E-state index is 13.5. The molecule has 1 spiro atoms.